The molecule has 6 nitrogen and oxygen atoms in total. The van der Waals surface area contributed by atoms with Crippen LogP contribution in [0.4, 0.5) is 0 Å². The first-order valence-corrected chi connectivity index (χ1v) is 6.34. The molecule has 0 fully saturated rings. The molecule has 1 aromatic carbocycles. The van der Waals surface area contributed by atoms with E-state index in [2.05, 4.69) is 9.98 Å². The molecule has 1 aromatic rings. The van der Waals surface area contributed by atoms with Gasteiger partial charge in [0.25, 0.3) is 0 Å². The average Bonchev–Trinajstić information content (AvgIpc) is 2.80. The van der Waals surface area contributed by atoms with Crippen molar-refractivity contribution < 1.29 is 19.4 Å². The van der Waals surface area contributed by atoms with Crippen molar-refractivity contribution >= 4 is 11.8 Å². The second-order valence-corrected chi connectivity index (χ2v) is 4.65. The van der Waals surface area contributed by atoms with Crippen LogP contribution in [0.3, 0.4) is 0 Å². The Morgan fingerprint density at radius 1 is 1.30 bits per heavy atom. The lowest BCUT2D eigenvalue weighted by Gasteiger charge is -2.04. The Morgan fingerprint density at radius 2 is 1.95 bits per heavy atom. The summed E-state index contributed by atoms with van der Waals surface area (Å²) in [6.07, 6.45) is -0.0406. The third-order valence-corrected chi connectivity index (χ3v) is 3.12. The maximum atomic E-state index is 12.1. The molecule has 0 saturated heterocycles. The minimum Gasteiger partial charge on any atom is -0.478 e. The largest absolute Gasteiger partial charge is 0.478 e. The predicted molar refractivity (Wildman–Crippen MR) is 70.4 cm³/mol. The van der Waals surface area contributed by atoms with Crippen molar-refractivity contribution in [3.63, 3.8) is 0 Å². The van der Waals surface area contributed by atoms with Crippen LogP contribution >= 0.6 is 0 Å². The molecule has 6 heteroatoms. The Hall–Kier alpha value is -2.08. The van der Waals surface area contributed by atoms with Gasteiger partial charge in [-0.25, -0.2) is 14.8 Å². The Balaban J connectivity index is 2.29. The summed E-state index contributed by atoms with van der Waals surface area (Å²) in [7, 11) is 1.59. The van der Waals surface area contributed by atoms with Gasteiger partial charge in [0.2, 0.25) is 6.17 Å². The van der Waals surface area contributed by atoms with E-state index in [1.807, 2.05) is 6.92 Å². The van der Waals surface area contributed by atoms with Gasteiger partial charge in [-0.05, 0) is 31.0 Å². The summed E-state index contributed by atoms with van der Waals surface area (Å²) in [5.74, 6) is -1.08. The predicted octanol–water partition coefficient (Wildman–Crippen LogP) is 0.268. The van der Waals surface area contributed by atoms with Crippen molar-refractivity contribution in [3.05, 3.63) is 34.0 Å². The number of carbonyl (C=O) groups excluding carboxylic acids is 1. The molecule has 20 heavy (non-hydrogen) atoms. The molecule has 106 valence electrons. The molecule has 2 rings (SSSR count). The number of methoxy groups -OCH3 is 1. The van der Waals surface area contributed by atoms with E-state index in [1.165, 1.54) is 0 Å². The Kier molecular flexibility index (Phi) is 4.24. The van der Waals surface area contributed by atoms with Crippen molar-refractivity contribution in [2.24, 2.45) is 9.98 Å². The van der Waals surface area contributed by atoms with Crippen LogP contribution in [-0.2, 0) is 9.53 Å². The molecular formula is C14H16N2O4. The lowest BCUT2D eigenvalue weighted by molar-refractivity contribution is -0.138. The van der Waals surface area contributed by atoms with Gasteiger partial charge in [0, 0.05) is 25.7 Å². The molecule has 0 bridgehead atoms. The van der Waals surface area contributed by atoms with E-state index >= 15 is 0 Å². The van der Waals surface area contributed by atoms with Crippen LogP contribution in [0, 0.1) is 6.92 Å². The molecule has 0 aliphatic carbocycles. The molecule has 1 unspecified atom stereocenters. The zero-order chi connectivity index (χ0) is 14.7. The van der Waals surface area contributed by atoms with Crippen LogP contribution in [0.1, 0.15) is 28.8 Å². The smallest absolute Gasteiger partial charge is 0.351 e. The van der Waals surface area contributed by atoms with Crippen molar-refractivity contribution in [2.45, 2.75) is 25.9 Å². The van der Waals surface area contributed by atoms with E-state index < -0.39 is 12.1 Å². The number of ether oxygens (including phenoxy) is 1. The summed E-state index contributed by atoms with van der Waals surface area (Å²) in [6, 6.07) is 3.34. The van der Waals surface area contributed by atoms with Gasteiger partial charge >= 0.3 is 5.97 Å². The van der Waals surface area contributed by atoms with Crippen molar-refractivity contribution in [1.29, 1.82) is 0 Å². The molecule has 0 saturated carbocycles. The number of hydrogen-bond acceptors (Lipinski definition) is 5. The first kappa shape index (κ1) is 14.3. The number of nitrogens with zero attached hydrogens (tertiary/aromatic N) is 2. The minimum atomic E-state index is -1.09. The van der Waals surface area contributed by atoms with E-state index in [1.54, 1.807) is 19.2 Å². The van der Waals surface area contributed by atoms with Gasteiger partial charge < -0.3 is 9.84 Å². The lowest BCUT2D eigenvalue weighted by atomic mass is 10.0. The number of fused-ring (bicyclic) bond motifs is 1. The number of carboxylic acid groups (broad SMARTS) is 1. The van der Waals surface area contributed by atoms with Gasteiger partial charge in [0.15, 0.2) is 5.78 Å². The van der Waals surface area contributed by atoms with E-state index in [9.17, 15) is 9.59 Å². The zero-order valence-electron chi connectivity index (χ0n) is 11.4. The van der Waals surface area contributed by atoms with Gasteiger partial charge in [-0.1, -0.05) is 0 Å². The van der Waals surface area contributed by atoms with Gasteiger partial charge in [0.05, 0.1) is 10.7 Å². The first-order chi connectivity index (χ1) is 9.52. The third-order valence-electron chi connectivity index (χ3n) is 3.12. The number of Topliss-reactive ketones (excluding diaryl/α,β-unsaturated/α-hetero) is 1. The number of ketones is 1. The van der Waals surface area contributed by atoms with E-state index in [-0.39, 0.29) is 5.78 Å². The van der Waals surface area contributed by atoms with Gasteiger partial charge in [-0.15, -0.1) is 0 Å². The number of hydrogen-bond donors (Lipinski definition) is 1. The van der Waals surface area contributed by atoms with E-state index in [0.717, 1.165) is 5.56 Å². The number of aryl methyl sites for hydroxylation is 1. The molecule has 1 atom stereocenters. The number of carboxylic acids is 1. The summed E-state index contributed by atoms with van der Waals surface area (Å²) in [5, 5.41) is 9.91. The number of rotatable bonds is 6. The van der Waals surface area contributed by atoms with Crippen molar-refractivity contribution in [3.8, 4) is 0 Å². The second kappa shape index (κ2) is 5.92. The minimum absolute atomic E-state index is 0.0105. The van der Waals surface area contributed by atoms with E-state index in [0.29, 0.717) is 35.7 Å². The summed E-state index contributed by atoms with van der Waals surface area (Å²) >= 11 is 0. The van der Waals surface area contributed by atoms with Crippen molar-refractivity contribution in [2.75, 3.05) is 13.7 Å². The van der Waals surface area contributed by atoms with Crippen LogP contribution in [-0.4, -0.2) is 36.7 Å². The van der Waals surface area contributed by atoms with Crippen LogP contribution in [0.25, 0.3) is 0 Å². The quantitative estimate of drug-likeness (QED) is 0.596. The fraction of sp³-hybridized carbons (Fsp3) is 0.429. The maximum absolute atomic E-state index is 12.1. The highest BCUT2D eigenvalue weighted by molar-refractivity contribution is 5.97. The Labute approximate surface area is 115 Å². The SMILES string of the molecule is COCCCC(=O)c1cc2c(cc1C)=NC(C(=O)O)N=2. The molecule has 0 radical (unpaired) electrons. The molecular weight excluding hydrogens is 260 g/mol. The van der Waals surface area contributed by atoms with Gasteiger partial charge in [0.1, 0.15) is 0 Å². The van der Waals surface area contributed by atoms with Crippen LogP contribution in [0.15, 0.2) is 22.1 Å². The molecule has 0 amide bonds. The fourth-order valence-corrected chi connectivity index (χ4v) is 2.10. The molecule has 1 aliphatic heterocycles. The maximum Gasteiger partial charge on any atom is 0.351 e. The molecule has 0 aromatic heterocycles. The highest BCUT2D eigenvalue weighted by atomic mass is 16.5. The number of aliphatic carboxylic acids is 1. The standard InChI is InChI=1S/C14H16N2O4/c1-8-6-10-11(16-13(15-10)14(18)19)7-9(8)12(17)4-3-5-20-2/h6-7,13H,3-5H2,1-2H3,(H,18,19). The molecule has 1 aliphatic rings. The summed E-state index contributed by atoms with van der Waals surface area (Å²) in [5.41, 5.74) is 1.36. The first-order valence-electron chi connectivity index (χ1n) is 6.34. The van der Waals surface area contributed by atoms with Crippen LogP contribution < -0.4 is 10.7 Å². The monoisotopic (exact) mass is 276 g/mol. The van der Waals surface area contributed by atoms with E-state index in [4.69, 9.17) is 9.84 Å². The van der Waals surface area contributed by atoms with Gasteiger partial charge in [-0.2, -0.15) is 0 Å². The third kappa shape index (κ3) is 2.91. The van der Waals surface area contributed by atoms with Crippen molar-refractivity contribution in [1.82, 2.24) is 0 Å². The van der Waals surface area contributed by atoms with Crippen LogP contribution in [0.2, 0.25) is 0 Å². The summed E-state index contributed by atoms with van der Waals surface area (Å²) in [6.45, 7) is 2.35. The fourth-order valence-electron chi connectivity index (χ4n) is 2.10. The molecule has 1 heterocycles. The lowest BCUT2D eigenvalue weighted by Crippen LogP contribution is -2.24. The molecule has 1 N–H and O–H groups in total. The van der Waals surface area contributed by atoms with Crippen LogP contribution in [0.5, 0.6) is 0 Å². The normalized spacial score (nSPS) is 16.2. The Morgan fingerprint density at radius 3 is 2.55 bits per heavy atom. The zero-order valence-corrected chi connectivity index (χ0v) is 11.4. The van der Waals surface area contributed by atoms with Gasteiger partial charge in [-0.3, -0.25) is 4.79 Å². The Bertz CT molecular complexity index is 666. The number of carbonyl (C=O) groups is 2. The molecule has 0 spiro atoms. The highest BCUT2D eigenvalue weighted by Gasteiger charge is 2.19. The second-order valence-electron chi connectivity index (χ2n) is 4.65. The highest BCUT2D eigenvalue weighted by Crippen LogP contribution is 2.09. The number of benzene rings is 1. The summed E-state index contributed by atoms with van der Waals surface area (Å²) in [4.78, 5) is 31.0. The average molecular weight is 276 g/mol. The topological polar surface area (TPSA) is 88.3 Å². The summed E-state index contributed by atoms with van der Waals surface area (Å²) < 4.78 is 4.92.